The number of thiocarbonyl (C=S) groups is 1. The van der Waals surface area contributed by atoms with Gasteiger partial charge < -0.3 is 5.11 Å². The maximum Gasteiger partial charge on any atom is 0.326 e. The van der Waals surface area contributed by atoms with E-state index in [4.69, 9.17) is 12.2 Å². The first-order valence-corrected chi connectivity index (χ1v) is 8.28. The lowest BCUT2D eigenvalue weighted by atomic mass is 10.0. The summed E-state index contributed by atoms with van der Waals surface area (Å²) in [6.45, 7) is 3.76. The van der Waals surface area contributed by atoms with Crippen molar-refractivity contribution in [2.24, 2.45) is 5.92 Å². The Bertz CT molecular complexity index is 688. The average Bonchev–Trinajstić information content (AvgIpc) is 2.73. The molecule has 1 heterocycles. The lowest BCUT2D eigenvalue weighted by molar-refractivity contribution is -0.145. The maximum absolute atomic E-state index is 13.7. The van der Waals surface area contributed by atoms with Gasteiger partial charge in [-0.25, -0.2) is 9.18 Å². The van der Waals surface area contributed by atoms with E-state index in [9.17, 15) is 19.1 Å². The Kier molecular flexibility index (Phi) is 5.54. The summed E-state index contributed by atoms with van der Waals surface area (Å²) in [5.74, 6) is -1.94. The standard InChI is InChI=1S/C16H16FNO3S2/c1-9(2)7-12(15(20)21)18-14(19)13(23-16(18)22)8-10-5-3-4-6-11(10)17/h3-6,8-9,12H,7H2,1-2H3,(H,20,21). The van der Waals surface area contributed by atoms with Crippen LogP contribution in [0.2, 0.25) is 0 Å². The minimum absolute atomic E-state index is 0.0938. The van der Waals surface area contributed by atoms with Crippen LogP contribution in [0.4, 0.5) is 4.39 Å². The van der Waals surface area contributed by atoms with Crippen molar-refractivity contribution in [3.05, 3.63) is 40.6 Å². The molecule has 0 saturated carbocycles. The molecule has 122 valence electrons. The summed E-state index contributed by atoms with van der Waals surface area (Å²) in [6, 6.07) is 5.06. The lowest BCUT2D eigenvalue weighted by Gasteiger charge is -2.24. The van der Waals surface area contributed by atoms with Gasteiger partial charge in [-0.15, -0.1) is 0 Å². The third-order valence-corrected chi connectivity index (χ3v) is 4.64. The van der Waals surface area contributed by atoms with Gasteiger partial charge in [0.2, 0.25) is 0 Å². The van der Waals surface area contributed by atoms with Crippen LogP contribution in [0.25, 0.3) is 6.08 Å². The summed E-state index contributed by atoms with van der Waals surface area (Å²) in [6.07, 6.45) is 1.71. The minimum atomic E-state index is -1.10. The van der Waals surface area contributed by atoms with Gasteiger partial charge in [-0.05, 0) is 24.5 Å². The predicted molar refractivity (Wildman–Crippen MR) is 92.3 cm³/mol. The Morgan fingerprint density at radius 3 is 2.65 bits per heavy atom. The van der Waals surface area contributed by atoms with Gasteiger partial charge in [-0.2, -0.15) is 0 Å². The summed E-state index contributed by atoms with van der Waals surface area (Å²) in [7, 11) is 0. The van der Waals surface area contributed by atoms with Crippen LogP contribution in [-0.2, 0) is 9.59 Å². The molecule has 4 nitrogen and oxygen atoms in total. The van der Waals surface area contributed by atoms with Gasteiger partial charge in [-0.3, -0.25) is 9.69 Å². The third-order valence-electron chi connectivity index (χ3n) is 3.31. The number of carboxylic acid groups (broad SMARTS) is 1. The Morgan fingerprint density at radius 1 is 1.43 bits per heavy atom. The second kappa shape index (κ2) is 7.23. The quantitative estimate of drug-likeness (QED) is 0.648. The fraction of sp³-hybridized carbons (Fsp3) is 0.312. The first-order chi connectivity index (χ1) is 10.8. The number of benzene rings is 1. The number of hydrogen-bond acceptors (Lipinski definition) is 4. The molecule has 1 amide bonds. The van der Waals surface area contributed by atoms with Crippen LogP contribution >= 0.6 is 24.0 Å². The van der Waals surface area contributed by atoms with Crippen LogP contribution in [0.15, 0.2) is 29.2 Å². The molecule has 2 rings (SSSR count). The van der Waals surface area contributed by atoms with E-state index < -0.39 is 23.7 Å². The van der Waals surface area contributed by atoms with Gasteiger partial charge in [0, 0.05) is 5.56 Å². The fourth-order valence-corrected chi connectivity index (χ4v) is 3.59. The van der Waals surface area contributed by atoms with Gasteiger partial charge in [-0.1, -0.05) is 56.0 Å². The highest BCUT2D eigenvalue weighted by Crippen LogP contribution is 2.35. The van der Waals surface area contributed by atoms with E-state index in [0.717, 1.165) is 16.7 Å². The Hall–Kier alpha value is -1.73. The van der Waals surface area contributed by atoms with E-state index in [2.05, 4.69) is 0 Å². The molecule has 1 saturated heterocycles. The molecule has 1 aromatic rings. The zero-order chi connectivity index (χ0) is 17.1. The zero-order valence-corrected chi connectivity index (χ0v) is 14.3. The van der Waals surface area contributed by atoms with Crippen LogP contribution in [0.1, 0.15) is 25.8 Å². The number of rotatable bonds is 5. The molecule has 1 fully saturated rings. The number of halogens is 1. The molecule has 0 radical (unpaired) electrons. The molecule has 0 bridgehead atoms. The highest BCUT2D eigenvalue weighted by Gasteiger charge is 2.40. The van der Waals surface area contributed by atoms with Crippen molar-refractivity contribution in [1.29, 1.82) is 0 Å². The molecule has 0 spiro atoms. The number of amides is 1. The van der Waals surface area contributed by atoms with Crippen LogP contribution in [0, 0.1) is 11.7 Å². The summed E-state index contributed by atoms with van der Waals surface area (Å²) in [5, 5.41) is 9.40. The van der Waals surface area contributed by atoms with Gasteiger partial charge in [0.05, 0.1) is 4.91 Å². The van der Waals surface area contributed by atoms with Gasteiger partial charge in [0.25, 0.3) is 5.91 Å². The van der Waals surface area contributed by atoms with Gasteiger partial charge >= 0.3 is 5.97 Å². The van der Waals surface area contributed by atoms with Crippen LogP contribution in [-0.4, -0.2) is 32.2 Å². The summed E-state index contributed by atoms with van der Waals surface area (Å²) < 4.78 is 13.9. The molecule has 1 aliphatic rings. The molecular formula is C16H16FNO3S2. The fourth-order valence-electron chi connectivity index (χ4n) is 2.25. The van der Waals surface area contributed by atoms with Crippen molar-refractivity contribution in [3.63, 3.8) is 0 Å². The highest BCUT2D eigenvalue weighted by atomic mass is 32.2. The molecule has 1 N–H and O–H groups in total. The largest absolute Gasteiger partial charge is 0.480 e. The maximum atomic E-state index is 13.7. The average molecular weight is 353 g/mol. The van der Waals surface area contributed by atoms with Crippen molar-refractivity contribution in [2.45, 2.75) is 26.3 Å². The smallest absolute Gasteiger partial charge is 0.326 e. The molecule has 7 heteroatoms. The van der Waals surface area contributed by atoms with Gasteiger partial charge in [0.15, 0.2) is 0 Å². The van der Waals surface area contributed by atoms with Crippen molar-refractivity contribution < 1.29 is 19.1 Å². The number of aliphatic carboxylic acids is 1. The van der Waals surface area contributed by atoms with E-state index in [1.54, 1.807) is 18.2 Å². The molecule has 1 aliphatic heterocycles. The summed E-state index contributed by atoms with van der Waals surface area (Å²) in [5.41, 5.74) is 0.267. The SMILES string of the molecule is CC(C)CC(C(=O)O)N1C(=O)C(=Cc2ccccc2F)SC1=S. The number of carbonyl (C=O) groups excluding carboxylic acids is 1. The molecule has 1 atom stereocenters. The first-order valence-electron chi connectivity index (χ1n) is 7.05. The molecule has 0 aliphatic carbocycles. The number of thioether (sulfide) groups is 1. The van der Waals surface area contributed by atoms with Crippen molar-refractivity contribution in [3.8, 4) is 0 Å². The van der Waals surface area contributed by atoms with Crippen LogP contribution in [0.3, 0.4) is 0 Å². The normalized spacial score (nSPS) is 18.1. The van der Waals surface area contributed by atoms with Crippen molar-refractivity contribution >= 4 is 46.3 Å². The monoisotopic (exact) mass is 353 g/mol. The molecule has 1 unspecified atom stereocenters. The molecule has 1 aromatic carbocycles. The number of nitrogens with zero attached hydrogens (tertiary/aromatic N) is 1. The van der Waals surface area contributed by atoms with E-state index in [0.29, 0.717) is 6.42 Å². The lowest BCUT2D eigenvalue weighted by Crippen LogP contribution is -2.44. The van der Waals surface area contributed by atoms with Crippen molar-refractivity contribution in [2.75, 3.05) is 0 Å². The van der Waals surface area contributed by atoms with E-state index >= 15 is 0 Å². The summed E-state index contributed by atoms with van der Waals surface area (Å²) in [4.78, 5) is 25.4. The summed E-state index contributed by atoms with van der Waals surface area (Å²) >= 11 is 6.16. The zero-order valence-electron chi connectivity index (χ0n) is 12.7. The molecular weight excluding hydrogens is 337 g/mol. The van der Waals surface area contributed by atoms with E-state index in [1.165, 1.54) is 12.1 Å². The third kappa shape index (κ3) is 3.97. The van der Waals surface area contributed by atoms with E-state index in [-0.39, 0.29) is 20.7 Å². The van der Waals surface area contributed by atoms with Crippen LogP contribution in [0.5, 0.6) is 0 Å². The number of hydrogen-bond donors (Lipinski definition) is 1. The minimum Gasteiger partial charge on any atom is -0.480 e. The Morgan fingerprint density at radius 2 is 2.09 bits per heavy atom. The first kappa shape index (κ1) is 17.6. The van der Waals surface area contributed by atoms with Crippen molar-refractivity contribution in [1.82, 2.24) is 4.90 Å². The molecule has 23 heavy (non-hydrogen) atoms. The van der Waals surface area contributed by atoms with Gasteiger partial charge in [0.1, 0.15) is 16.2 Å². The van der Waals surface area contributed by atoms with E-state index in [1.807, 2.05) is 13.8 Å². The predicted octanol–water partition coefficient (Wildman–Crippen LogP) is 3.53. The second-order valence-corrected chi connectivity index (χ2v) is 7.23. The highest BCUT2D eigenvalue weighted by molar-refractivity contribution is 8.26. The Labute approximate surface area is 143 Å². The topological polar surface area (TPSA) is 57.6 Å². The second-order valence-electron chi connectivity index (χ2n) is 5.56. The Balaban J connectivity index is 2.32. The van der Waals surface area contributed by atoms with Crippen LogP contribution < -0.4 is 0 Å². The number of carbonyl (C=O) groups is 2. The number of carboxylic acids is 1. The molecule has 0 aromatic heterocycles.